The van der Waals surface area contributed by atoms with Gasteiger partial charge in [-0.05, 0) is 11.8 Å². The van der Waals surface area contributed by atoms with Gasteiger partial charge in [-0.2, -0.15) is 0 Å². The van der Waals surface area contributed by atoms with Gasteiger partial charge in [0.05, 0.1) is 12.0 Å². The Hall–Kier alpha value is -1.05. The number of allylic oxidation sites excluding steroid dienone is 2. The summed E-state index contributed by atoms with van der Waals surface area (Å²) in [6, 6.07) is 0.169. The van der Waals surface area contributed by atoms with E-state index in [1.54, 1.807) is 0 Å². The van der Waals surface area contributed by atoms with E-state index >= 15 is 0 Å². The largest absolute Gasteiger partial charge is 0.346 e. The van der Waals surface area contributed by atoms with Crippen LogP contribution in [-0.4, -0.2) is 11.9 Å². The van der Waals surface area contributed by atoms with Crippen molar-refractivity contribution >= 4 is 5.91 Å². The van der Waals surface area contributed by atoms with Crippen molar-refractivity contribution in [3.63, 3.8) is 0 Å². The number of rotatable bonds is 0. The lowest BCUT2D eigenvalue weighted by Crippen LogP contribution is -2.31. The van der Waals surface area contributed by atoms with E-state index < -0.39 is 0 Å². The van der Waals surface area contributed by atoms with E-state index in [1.165, 1.54) is 0 Å². The van der Waals surface area contributed by atoms with E-state index in [9.17, 15) is 4.79 Å². The van der Waals surface area contributed by atoms with E-state index in [4.69, 9.17) is 0 Å². The zero-order valence-corrected chi connectivity index (χ0v) is 6.03. The van der Waals surface area contributed by atoms with Gasteiger partial charge in [-0.25, -0.2) is 0 Å². The first-order valence-electron chi connectivity index (χ1n) is 4.03. The van der Waals surface area contributed by atoms with Crippen LogP contribution in [0, 0.1) is 17.8 Å². The van der Waals surface area contributed by atoms with Gasteiger partial charge >= 0.3 is 0 Å². The van der Waals surface area contributed by atoms with Crippen LogP contribution >= 0.6 is 0 Å². The Kier molecular flexibility index (Phi) is 0.799. The van der Waals surface area contributed by atoms with Crippen LogP contribution in [-0.2, 0) is 4.79 Å². The van der Waals surface area contributed by atoms with Crippen molar-refractivity contribution in [2.75, 3.05) is 0 Å². The van der Waals surface area contributed by atoms with Gasteiger partial charge in [0.15, 0.2) is 0 Å². The summed E-state index contributed by atoms with van der Waals surface area (Å²) in [7, 11) is 0. The summed E-state index contributed by atoms with van der Waals surface area (Å²) in [5.41, 5.74) is 0. The number of carbonyl (C=O) groups excluding carboxylic acids is 1. The maximum atomic E-state index is 11.3. The molecule has 1 amide bonds. The van der Waals surface area contributed by atoms with Gasteiger partial charge in [0.2, 0.25) is 5.91 Å². The summed E-state index contributed by atoms with van der Waals surface area (Å²) in [6.07, 6.45) is 8.54. The maximum Gasteiger partial charge on any atom is 0.225 e. The fourth-order valence-corrected chi connectivity index (χ4v) is 2.12. The molecule has 2 heteroatoms. The molecule has 2 unspecified atom stereocenters. The van der Waals surface area contributed by atoms with Crippen molar-refractivity contribution < 1.29 is 4.79 Å². The lowest BCUT2D eigenvalue weighted by atomic mass is 10.2. The minimum absolute atomic E-state index is 0.169. The highest BCUT2D eigenvalue weighted by atomic mass is 16.2. The van der Waals surface area contributed by atoms with Crippen molar-refractivity contribution in [3.8, 4) is 0 Å². The third-order valence-corrected chi connectivity index (χ3v) is 2.83. The zero-order chi connectivity index (χ0) is 7.42. The van der Waals surface area contributed by atoms with Gasteiger partial charge in [-0.1, -0.05) is 24.3 Å². The molecule has 2 nitrogen and oxygen atoms in total. The van der Waals surface area contributed by atoms with Crippen LogP contribution in [0.4, 0.5) is 0 Å². The van der Waals surface area contributed by atoms with Crippen LogP contribution in [0.5, 0.6) is 0 Å². The van der Waals surface area contributed by atoms with E-state index in [1.807, 2.05) is 0 Å². The van der Waals surface area contributed by atoms with Crippen molar-refractivity contribution in [1.82, 2.24) is 5.32 Å². The van der Waals surface area contributed by atoms with Gasteiger partial charge in [-0.15, -0.1) is 0 Å². The molecule has 1 fully saturated rings. The fraction of sp³-hybridized carbons (Fsp3) is 0.444. The lowest BCUT2D eigenvalue weighted by Gasteiger charge is -2.05. The quantitative estimate of drug-likeness (QED) is 0.496. The molecule has 0 radical (unpaired) electrons. The van der Waals surface area contributed by atoms with E-state index in [2.05, 4.69) is 29.6 Å². The Bertz CT molecular complexity index is 259. The molecule has 4 bridgehead atoms. The first kappa shape index (κ1) is 5.58. The van der Waals surface area contributed by atoms with E-state index in [0.717, 1.165) is 0 Å². The minimum Gasteiger partial charge on any atom is -0.346 e. The molecule has 11 heavy (non-hydrogen) atoms. The standard InChI is InChI=1S/C9H9NO/c11-9-8-6-3-1-5(10-9)2-4-7(6)8/h1-8H,(H,10,11)/t5?,6-,7+,8?. The third-order valence-electron chi connectivity index (χ3n) is 2.83. The molecule has 2 aliphatic carbocycles. The van der Waals surface area contributed by atoms with Crippen LogP contribution in [0.3, 0.4) is 0 Å². The summed E-state index contributed by atoms with van der Waals surface area (Å²) in [6.45, 7) is 0. The van der Waals surface area contributed by atoms with Crippen LogP contribution in [0.15, 0.2) is 24.3 Å². The van der Waals surface area contributed by atoms with Gasteiger partial charge in [0.25, 0.3) is 0 Å². The molecule has 0 saturated heterocycles. The number of nitrogens with one attached hydrogen (secondary N) is 1. The Morgan fingerprint density at radius 1 is 1.09 bits per heavy atom. The smallest absolute Gasteiger partial charge is 0.225 e. The number of amides is 1. The molecule has 1 saturated carbocycles. The summed E-state index contributed by atoms with van der Waals surface area (Å²) in [4.78, 5) is 11.3. The second-order valence-corrected chi connectivity index (χ2v) is 3.48. The van der Waals surface area contributed by atoms with Crippen LogP contribution in [0.1, 0.15) is 0 Å². The van der Waals surface area contributed by atoms with Crippen LogP contribution < -0.4 is 5.32 Å². The number of hydrogen-bond donors (Lipinski definition) is 1. The Morgan fingerprint density at radius 3 is 2.36 bits per heavy atom. The molecule has 4 atom stereocenters. The molecule has 4 rings (SSSR count). The van der Waals surface area contributed by atoms with Crippen molar-refractivity contribution in [2.24, 2.45) is 17.8 Å². The Balaban J connectivity index is 2.11. The normalized spacial score (nSPS) is 50.0. The van der Waals surface area contributed by atoms with Crippen LogP contribution in [0.2, 0.25) is 0 Å². The average Bonchev–Trinajstić information content (AvgIpc) is 2.64. The predicted molar refractivity (Wildman–Crippen MR) is 40.7 cm³/mol. The molecule has 0 aromatic carbocycles. The van der Waals surface area contributed by atoms with E-state index in [0.29, 0.717) is 11.8 Å². The van der Waals surface area contributed by atoms with Crippen molar-refractivity contribution in [3.05, 3.63) is 24.3 Å². The fourth-order valence-electron chi connectivity index (χ4n) is 2.12. The van der Waals surface area contributed by atoms with E-state index in [-0.39, 0.29) is 17.9 Å². The van der Waals surface area contributed by atoms with Crippen LogP contribution in [0.25, 0.3) is 0 Å². The van der Waals surface area contributed by atoms with Gasteiger partial charge in [-0.3, -0.25) is 4.79 Å². The summed E-state index contributed by atoms with van der Waals surface area (Å²) in [5.74, 6) is 1.52. The summed E-state index contributed by atoms with van der Waals surface area (Å²) in [5, 5.41) is 2.95. The van der Waals surface area contributed by atoms with Crippen molar-refractivity contribution in [2.45, 2.75) is 6.04 Å². The first-order chi connectivity index (χ1) is 5.36. The lowest BCUT2D eigenvalue weighted by molar-refractivity contribution is -0.122. The highest BCUT2D eigenvalue weighted by Gasteiger charge is 2.53. The molecule has 0 spiro atoms. The topological polar surface area (TPSA) is 29.1 Å². The van der Waals surface area contributed by atoms with Gasteiger partial charge in [0.1, 0.15) is 0 Å². The summed E-state index contributed by atoms with van der Waals surface area (Å²) < 4.78 is 0. The number of hydrogen-bond acceptors (Lipinski definition) is 1. The first-order valence-corrected chi connectivity index (χ1v) is 4.03. The molecule has 2 aliphatic heterocycles. The third kappa shape index (κ3) is 0.595. The molecule has 56 valence electrons. The Labute approximate surface area is 65.0 Å². The zero-order valence-electron chi connectivity index (χ0n) is 6.03. The monoisotopic (exact) mass is 147 g/mol. The molecule has 2 heterocycles. The molecule has 4 aliphatic rings. The highest BCUT2D eigenvalue weighted by molar-refractivity contribution is 5.85. The minimum atomic E-state index is 0.169. The SMILES string of the molecule is O=C1NC2C=C[C@@H]3C1[C@@H]3C=C2. The highest BCUT2D eigenvalue weighted by Crippen LogP contribution is 2.51. The summed E-state index contributed by atoms with van der Waals surface area (Å²) >= 11 is 0. The second kappa shape index (κ2) is 1.58. The molecule has 0 aromatic rings. The molecular formula is C9H9NO. The molecule has 0 aromatic heterocycles. The van der Waals surface area contributed by atoms with Crippen molar-refractivity contribution in [1.29, 1.82) is 0 Å². The maximum absolute atomic E-state index is 11.3. The Morgan fingerprint density at radius 2 is 1.73 bits per heavy atom. The predicted octanol–water partition coefficient (Wildman–Crippen LogP) is 0.473. The van der Waals surface area contributed by atoms with Gasteiger partial charge in [0, 0.05) is 0 Å². The molecule has 1 N–H and O–H groups in total. The average molecular weight is 147 g/mol. The number of carbonyl (C=O) groups is 1. The van der Waals surface area contributed by atoms with Gasteiger partial charge < -0.3 is 5.32 Å². The number of fused-ring (bicyclic) bond motifs is 1. The molecular weight excluding hydrogens is 138 g/mol. The second-order valence-electron chi connectivity index (χ2n) is 3.48.